The maximum absolute atomic E-state index is 11.0. The van der Waals surface area contributed by atoms with Crippen molar-refractivity contribution in [2.45, 2.75) is 6.42 Å². The Bertz CT molecular complexity index is 340. The van der Waals surface area contributed by atoms with Crippen molar-refractivity contribution in [2.75, 3.05) is 0 Å². The first-order chi connectivity index (χ1) is 6.54. The van der Waals surface area contributed by atoms with E-state index in [1.54, 1.807) is 12.1 Å². The van der Waals surface area contributed by atoms with Gasteiger partial charge in [-0.15, -0.1) is 0 Å². The molecule has 0 amide bonds. The average Bonchev–Trinajstić information content (AvgIpc) is 2.10. The fourth-order valence-corrected chi connectivity index (χ4v) is 3.21. The summed E-state index contributed by atoms with van der Waals surface area (Å²) in [5.41, 5.74) is 0. The van der Waals surface area contributed by atoms with Crippen LogP contribution in [0.3, 0.4) is 0 Å². The number of rotatable bonds is 2. The minimum atomic E-state index is -0.367. The van der Waals surface area contributed by atoms with Gasteiger partial charge in [-0.3, -0.25) is 4.79 Å². The molecule has 0 aromatic heterocycles. The van der Waals surface area contributed by atoms with Gasteiger partial charge in [0.15, 0.2) is 5.75 Å². The first kappa shape index (κ1) is 12.2. The Labute approximate surface area is 107 Å². The third-order valence-corrected chi connectivity index (χ3v) is 3.02. The molecule has 1 radical (unpaired) electrons. The second kappa shape index (κ2) is 5.28. The third-order valence-electron chi connectivity index (χ3n) is 1.38. The second-order valence-electron chi connectivity index (χ2n) is 2.42. The van der Waals surface area contributed by atoms with Crippen LogP contribution in [0.15, 0.2) is 25.6 Å². The van der Waals surface area contributed by atoms with Crippen LogP contribution in [-0.2, 0) is 4.79 Å². The molecule has 0 fully saturated rings. The Morgan fingerprint density at radius 2 is 1.79 bits per heavy atom. The summed E-state index contributed by atoms with van der Waals surface area (Å²) in [6.45, 7) is 3.44. The van der Waals surface area contributed by atoms with E-state index in [-0.39, 0.29) is 12.4 Å². The topological polar surface area (TPSA) is 26.3 Å². The first-order valence-corrected chi connectivity index (χ1v) is 6.07. The van der Waals surface area contributed by atoms with E-state index in [1.807, 2.05) is 0 Å². The monoisotopic (exact) mass is 383 g/mol. The van der Waals surface area contributed by atoms with Gasteiger partial charge in [0, 0.05) is 10.9 Å². The number of esters is 1. The van der Waals surface area contributed by atoms with Crippen LogP contribution in [0.25, 0.3) is 0 Å². The molecule has 0 unspecified atom stereocenters. The molecular formula is C9H6Br3O2. The van der Waals surface area contributed by atoms with Crippen LogP contribution in [0.1, 0.15) is 6.42 Å². The molecule has 1 aromatic rings. The van der Waals surface area contributed by atoms with Gasteiger partial charge >= 0.3 is 5.97 Å². The zero-order valence-electron chi connectivity index (χ0n) is 7.02. The van der Waals surface area contributed by atoms with E-state index in [1.165, 1.54) is 0 Å². The summed E-state index contributed by atoms with van der Waals surface area (Å²) >= 11 is 9.91. The summed E-state index contributed by atoms with van der Waals surface area (Å²) in [5, 5.41) is 0. The van der Waals surface area contributed by atoms with Crippen molar-refractivity contribution in [1.82, 2.24) is 0 Å². The van der Waals surface area contributed by atoms with Gasteiger partial charge in [-0.1, -0.05) is 15.9 Å². The highest BCUT2D eigenvalue weighted by atomic mass is 79.9. The molecule has 0 aliphatic heterocycles. The summed E-state index contributed by atoms with van der Waals surface area (Å²) in [7, 11) is 0. The highest BCUT2D eigenvalue weighted by molar-refractivity contribution is 9.11. The lowest BCUT2D eigenvalue weighted by Crippen LogP contribution is -2.06. The minimum Gasteiger partial charge on any atom is -0.424 e. The van der Waals surface area contributed by atoms with E-state index >= 15 is 0 Å². The number of carbonyl (C=O) groups is 1. The second-order valence-corrected chi connectivity index (χ2v) is 5.05. The lowest BCUT2D eigenvalue weighted by Gasteiger charge is -2.07. The molecular weight excluding hydrogens is 380 g/mol. The van der Waals surface area contributed by atoms with Crippen LogP contribution in [0, 0.1) is 6.92 Å². The van der Waals surface area contributed by atoms with E-state index in [2.05, 4.69) is 54.7 Å². The molecule has 0 aliphatic rings. The van der Waals surface area contributed by atoms with E-state index < -0.39 is 0 Å². The predicted octanol–water partition coefficient (Wildman–Crippen LogP) is 4.10. The summed E-state index contributed by atoms with van der Waals surface area (Å²) in [6.07, 6.45) is 0.106. The van der Waals surface area contributed by atoms with E-state index in [9.17, 15) is 4.79 Å². The number of ether oxygens (including phenoxy) is 1. The van der Waals surface area contributed by atoms with Gasteiger partial charge in [-0.05, 0) is 50.9 Å². The summed E-state index contributed by atoms with van der Waals surface area (Å²) in [4.78, 5) is 11.0. The molecule has 2 nitrogen and oxygen atoms in total. The maximum Gasteiger partial charge on any atom is 0.311 e. The van der Waals surface area contributed by atoms with E-state index in [4.69, 9.17) is 4.74 Å². The number of carbonyl (C=O) groups excluding carboxylic acids is 1. The normalized spacial score (nSPS) is 10.0. The highest BCUT2D eigenvalue weighted by Gasteiger charge is 2.11. The Morgan fingerprint density at radius 3 is 2.21 bits per heavy atom. The third kappa shape index (κ3) is 3.07. The molecule has 5 heteroatoms. The van der Waals surface area contributed by atoms with Crippen molar-refractivity contribution in [1.29, 1.82) is 0 Å². The van der Waals surface area contributed by atoms with Gasteiger partial charge in [-0.25, -0.2) is 0 Å². The molecule has 0 atom stereocenters. The van der Waals surface area contributed by atoms with Crippen LogP contribution in [0.4, 0.5) is 0 Å². The zero-order chi connectivity index (χ0) is 10.7. The van der Waals surface area contributed by atoms with Crippen molar-refractivity contribution in [3.05, 3.63) is 32.5 Å². The fraction of sp³-hybridized carbons (Fsp3) is 0.111. The molecule has 1 rings (SSSR count). The predicted molar refractivity (Wildman–Crippen MR) is 65.2 cm³/mol. The Morgan fingerprint density at radius 1 is 1.29 bits per heavy atom. The van der Waals surface area contributed by atoms with Crippen LogP contribution in [0.2, 0.25) is 0 Å². The first-order valence-electron chi connectivity index (χ1n) is 3.69. The molecule has 0 saturated carbocycles. The molecule has 14 heavy (non-hydrogen) atoms. The number of benzene rings is 1. The maximum atomic E-state index is 11.0. The lowest BCUT2D eigenvalue weighted by atomic mass is 10.3. The fourth-order valence-electron chi connectivity index (χ4n) is 0.791. The van der Waals surface area contributed by atoms with Gasteiger partial charge in [0.25, 0.3) is 0 Å². The van der Waals surface area contributed by atoms with Gasteiger partial charge < -0.3 is 4.74 Å². The van der Waals surface area contributed by atoms with Crippen molar-refractivity contribution in [3.8, 4) is 5.75 Å². The quantitative estimate of drug-likeness (QED) is 0.566. The van der Waals surface area contributed by atoms with Crippen molar-refractivity contribution in [3.63, 3.8) is 0 Å². The molecule has 75 valence electrons. The largest absolute Gasteiger partial charge is 0.424 e. The molecule has 0 aliphatic carbocycles. The smallest absolute Gasteiger partial charge is 0.311 e. The van der Waals surface area contributed by atoms with Crippen molar-refractivity contribution >= 4 is 53.8 Å². The van der Waals surface area contributed by atoms with Crippen LogP contribution in [-0.4, -0.2) is 5.97 Å². The summed E-state index contributed by atoms with van der Waals surface area (Å²) in [5.74, 6) is 0.107. The minimum absolute atomic E-state index is 0.106. The van der Waals surface area contributed by atoms with Crippen LogP contribution < -0.4 is 4.74 Å². The number of halogens is 3. The van der Waals surface area contributed by atoms with Crippen molar-refractivity contribution < 1.29 is 9.53 Å². The Kier molecular flexibility index (Phi) is 4.60. The molecule has 1 aromatic carbocycles. The van der Waals surface area contributed by atoms with E-state index in [0.717, 1.165) is 4.47 Å². The molecule has 0 saturated heterocycles. The van der Waals surface area contributed by atoms with E-state index in [0.29, 0.717) is 14.7 Å². The SMILES string of the molecule is [CH2]CC(=O)Oc1c(Br)cc(Br)cc1Br. The highest BCUT2D eigenvalue weighted by Crippen LogP contribution is 2.36. The van der Waals surface area contributed by atoms with Crippen LogP contribution >= 0.6 is 47.8 Å². The van der Waals surface area contributed by atoms with Crippen LogP contribution in [0.5, 0.6) is 5.75 Å². The van der Waals surface area contributed by atoms with Gasteiger partial charge in [-0.2, -0.15) is 0 Å². The molecule has 0 N–H and O–H groups in total. The van der Waals surface area contributed by atoms with Gasteiger partial charge in [0.05, 0.1) is 8.95 Å². The summed E-state index contributed by atoms with van der Waals surface area (Å²) in [6, 6.07) is 3.60. The van der Waals surface area contributed by atoms with Gasteiger partial charge in [0.2, 0.25) is 0 Å². The number of hydrogen-bond acceptors (Lipinski definition) is 2. The molecule has 0 bridgehead atoms. The standard InChI is InChI=1S/C9H6Br3O2/c1-2-8(13)14-9-6(11)3-5(10)4-7(9)12/h3-4H,1-2H2. The zero-order valence-corrected chi connectivity index (χ0v) is 11.8. The molecule has 0 heterocycles. The Hall–Kier alpha value is 0.130. The summed E-state index contributed by atoms with van der Waals surface area (Å²) < 4.78 is 7.38. The Balaban J connectivity index is 3.02. The van der Waals surface area contributed by atoms with Gasteiger partial charge in [0.1, 0.15) is 0 Å². The average molecular weight is 386 g/mol. The lowest BCUT2D eigenvalue weighted by molar-refractivity contribution is -0.133. The molecule has 0 spiro atoms. The van der Waals surface area contributed by atoms with Crippen molar-refractivity contribution in [2.24, 2.45) is 0 Å². The number of hydrogen-bond donors (Lipinski definition) is 0.